The van der Waals surface area contributed by atoms with Crippen LogP contribution in [-0.2, 0) is 13.0 Å². The van der Waals surface area contributed by atoms with Crippen molar-refractivity contribution in [3.8, 4) is 11.5 Å². The van der Waals surface area contributed by atoms with E-state index in [2.05, 4.69) is 30.6 Å². The van der Waals surface area contributed by atoms with Crippen molar-refractivity contribution in [1.29, 1.82) is 0 Å². The van der Waals surface area contributed by atoms with Crippen molar-refractivity contribution in [2.75, 3.05) is 20.3 Å². The fraction of sp³-hybridized carbons (Fsp3) is 0.594. The summed E-state index contributed by atoms with van der Waals surface area (Å²) in [4.78, 5) is 0. The van der Waals surface area contributed by atoms with Gasteiger partial charge in [0.2, 0.25) is 0 Å². The monoisotopic (exact) mass is 673 g/mol. The van der Waals surface area contributed by atoms with Gasteiger partial charge in [-0.1, -0.05) is 94.8 Å². The standard InChI is InChI=1S/C32H46Cl2NO2.HI/c1-4-6-8-10-12-14-22-37-32-28-20-21-35(24-25-23-26(33)16-18-29(25)34)30(15-13-11-9-7-5-2)27(28)17-19-31(32)36-3;/h16-19,23H,4-15,20-22,24H2,1-3H3;1H/q+1;/p-1. The molecule has 0 aliphatic carbocycles. The SMILES string of the molecule is CCCCCCCCOc1c(OC)ccc2c1CC[N+](Cc1cc(Cl)ccc1Cl)=C2CCCCCCC.[I-]. The lowest BCUT2D eigenvalue weighted by atomic mass is 9.92. The van der Waals surface area contributed by atoms with Gasteiger partial charge in [-0.25, -0.2) is 4.58 Å². The number of benzene rings is 2. The maximum atomic E-state index is 6.57. The normalized spacial score (nSPS) is 12.8. The molecule has 2 aromatic carbocycles. The van der Waals surface area contributed by atoms with Crippen molar-refractivity contribution in [1.82, 2.24) is 0 Å². The van der Waals surface area contributed by atoms with Gasteiger partial charge in [-0.2, -0.15) is 0 Å². The number of hydrogen-bond donors (Lipinski definition) is 0. The largest absolute Gasteiger partial charge is 1.00 e. The highest BCUT2D eigenvalue weighted by molar-refractivity contribution is 6.33. The third-order valence-corrected chi connectivity index (χ3v) is 8.00. The minimum atomic E-state index is 0. The van der Waals surface area contributed by atoms with Crippen molar-refractivity contribution in [2.45, 2.75) is 104 Å². The van der Waals surface area contributed by atoms with E-state index < -0.39 is 0 Å². The molecule has 3 nitrogen and oxygen atoms in total. The minimum absolute atomic E-state index is 0. The molecule has 0 amide bonds. The van der Waals surface area contributed by atoms with Crippen LogP contribution in [0.15, 0.2) is 30.3 Å². The number of unbranched alkanes of at least 4 members (excludes halogenated alkanes) is 9. The van der Waals surface area contributed by atoms with E-state index in [4.69, 9.17) is 32.7 Å². The summed E-state index contributed by atoms with van der Waals surface area (Å²) in [5, 5.41) is 1.50. The highest BCUT2D eigenvalue weighted by Crippen LogP contribution is 2.37. The first-order chi connectivity index (χ1) is 18.1. The molecule has 0 atom stereocenters. The smallest absolute Gasteiger partial charge is 0.184 e. The van der Waals surface area contributed by atoms with Crippen molar-refractivity contribution in [3.63, 3.8) is 0 Å². The van der Waals surface area contributed by atoms with E-state index >= 15 is 0 Å². The summed E-state index contributed by atoms with van der Waals surface area (Å²) in [6, 6.07) is 10.1. The van der Waals surface area contributed by atoms with E-state index in [1.54, 1.807) is 7.11 Å². The maximum Gasteiger partial charge on any atom is 0.184 e. The van der Waals surface area contributed by atoms with Gasteiger partial charge in [-0.05, 0) is 43.2 Å². The molecule has 0 fully saturated rings. The Labute approximate surface area is 258 Å². The van der Waals surface area contributed by atoms with Crippen molar-refractivity contribution in [3.05, 3.63) is 57.1 Å². The Morgan fingerprint density at radius 3 is 2.24 bits per heavy atom. The van der Waals surface area contributed by atoms with Gasteiger partial charge in [0.1, 0.15) is 6.54 Å². The molecule has 0 saturated carbocycles. The first-order valence-electron chi connectivity index (χ1n) is 14.5. The molecule has 38 heavy (non-hydrogen) atoms. The Kier molecular flexibility index (Phi) is 16.1. The number of hydrogen-bond acceptors (Lipinski definition) is 2. The molecule has 1 aliphatic rings. The molecule has 0 aromatic heterocycles. The fourth-order valence-electron chi connectivity index (χ4n) is 5.29. The van der Waals surface area contributed by atoms with Gasteiger partial charge < -0.3 is 33.5 Å². The predicted octanol–water partition coefficient (Wildman–Crippen LogP) is 6.66. The molecule has 2 aromatic rings. The van der Waals surface area contributed by atoms with E-state index in [1.165, 1.54) is 81.0 Å². The molecule has 0 radical (unpaired) electrons. The summed E-state index contributed by atoms with van der Waals surface area (Å²) in [6.07, 6.45) is 15.8. The first-order valence-corrected chi connectivity index (χ1v) is 15.2. The van der Waals surface area contributed by atoms with Crippen LogP contribution in [0.4, 0.5) is 0 Å². The molecule has 3 rings (SSSR count). The van der Waals surface area contributed by atoms with Gasteiger partial charge in [0.25, 0.3) is 0 Å². The second kappa shape index (κ2) is 18.4. The molecule has 0 unspecified atom stereocenters. The molecule has 1 heterocycles. The van der Waals surface area contributed by atoms with Crippen LogP contribution >= 0.6 is 23.2 Å². The zero-order valence-corrected chi connectivity index (χ0v) is 27.3. The topological polar surface area (TPSA) is 21.5 Å². The summed E-state index contributed by atoms with van der Waals surface area (Å²) in [5.74, 6) is 1.79. The molecular formula is C32H46Cl2INO2. The van der Waals surface area contributed by atoms with Gasteiger partial charge in [0.05, 0.1) is 18.7 Å². The van der Waals surface area contributed by atoms with Gasteiger partial charge in [0.15, 0.2) is 23.8 Å². The second-order valence-corrected chi connectivity index (χ2v) is 11.1. The van der Waals surface area contributed by atoms with E-state index in [0.717, 1.165) is 66.1 Å². The van der Waals surface area contributed by atoms with Crippen LogP contribution in [0, 0.1) is 0 Å². The summed E-state index contributed by atoms with van der Waals surface area (Å²) in [5.41, 5.74) is 5.07. The fourth-order valence-corrected chi connectivity index (χ4v) is 5.66. The molecule has 212 valence electrons. The molecular weight excluding hydrogens is 628 g/mol. The third kappa shape index (κ3) is 9.89. The van der Waals surface area contributed by atoms with E-state index in [-0.39, 0.29) is 24.0 Å². The summed E-state index contributed by atoms with van der Waals surface area (Å²) in [6.45, 7) is 6.97. The zero-order valence-electron chi connectivity index (χ0n) is 23.6. The second-order valence-electron chi connectivity index (χ2n) is 10.3. The third-order valence-electron chi connectivity index (χ3n) is 7.40. The highest BCUT2D eigenvalue weighted by atomic mass is 127. The Bertz CT molecular complexity index is 1020. The number of nitrogens with zero attached hydrogens (tertiary/aromatic N) is 1. The lowest BCUT2D eigenvalue weighted by Crippen LogP contribution is -3.00. The Balaban J connectivity index is 0.00000507. The van der Waals surface area contributed by atoms with Crippen LogP contribution in [0.1, 0.15) is 108 Å². The molecule has 0 spiro atoms. The van der Waals surface area contributed by atoms with Crippen LogP contribution in [0.5, 0.6) is 11.5 Å². The maximum absolute atomic E-state index is 6.57. The van der Waals surface area contributed by atoms with Gasteiger partial charge in [-0.15, -0.1) is 0 Å². The van der Waals surface area contributed by atoms with E-state index in [9.17, 15) is 0 Å². The molecule has 0 bridgehead atoms. The average molecular weight is 675 g/mol. The predicted molar refractivity (Wildman–Crippen MR) is 158 cm³/mol. The van der Waals surface area contributed by atoms with Crippen molar-refractivity contribution >= 4 is 28.9 Å². The van der Waals surface area contributed by atoms with E-state index in [1.807, 2.05) is 18.2 Å². The Morgan fingerprint density at radius 2 is 1.53 bits per heavy atom. The summed E-state index contributed by atoms with van der Waals surface area (Å²) in [7, 11) is 1.74. The number of halogens is 3. The Hall–Kier alpha value is -0.980. The lowest BCUT2D eigenvalue weighted by Gasteiger charge is -2.23. The van der Waals surface area contributed by atoms with Gasteiger partial charge in [-0.3, -0.25) is 0 Å². The average Bonchev–Trinajstić information content (AvgIpc) is 2.90. The molecule has 0 saturated heterocycles. The summed E-state index contributed by atoms with van der Waals surface area (Å²) >= 11 is 12.9. The number of methoxy groups -OCH3 is 1. The van der Waals surface area contributed by atoms with E-state index in [0.29, 0.717) is 0 Å². The van der Waals surface area contributed by atoms with Gasteiger partial charge >= 0.3 is 0 Å². The van der Waals surface area contributed by atoms with Crippen molar-refractivity contribution in [2.24, 2.45) is 0 Å². The molecule has 1 aliphatic heterocycles. The molecule has 6 heteroatoms. The van der Waals surface area contributed by atoms with Crippen LogP contribution in [0.25, 0.3) is 0 Å². The first kappa shape index (κ1) is 33.2. The number of ether oxygens (including phenoxy) is 2. The Morgan fingerprint density at radius 1 is 0.842 bits per heavy atom. The summed E-state index contributed by atoms with van der Waals surface area (Å²) < 4.78 is 14.7. The van der Waals surface area contributed by atoms with Gasteiger partial charge in [0, 0.05) is 34.6 Å². The number of rotatable bonds is 17. The van der Waals surface area contributed by atoms with Crippen LogP contribution < -0.4 is 33.5 Å². The number of fused-ring (bicyclic) bond motifs is 1. The lowest BCUT2D eigenvalue weighted by molar-refractivity contribution is -0.545. The molecule has 0 N–H and O–H groups in total. The van der Waals surface area contributed by atoms with Crippen LogP contribution in [0.3, 0.4) is 0 Å². The van der Waals surface area contributed by atoms with Crippen LogP contribution in [-0.4, -0.2) is 30.5 Å². The van der Waals surface area contributed by atoms with Crippen LogP contribution in [0.2, 0.25) is 10.0 Å². The highest BCUT2D eigenvalue weighted by Gasteiger charge is 2.30. The minimum Gasteiger partial charge on any atom is -1.00 e. The quantitative estimate of drug-likeness (QED) is 0.106. The zero-order chi connectivity index (χ0) is 26.5. The van der Waals surface area contributed by atoms with Crippen molar-refractivity contribution < 1.29 is 38.0 Å².